The summed E-state index contributed by atoms with van der Waals surface area (Å²) in [6, 6.07) is 8.85. The van der Waals surface area contributed by atoms with Crippen LogP contribution >= 0.6 is 0 Å². The van der Waals surface area contributed by atoms with Crippen LogP contribution in [0.1, 0.15) is 38.2 Å². The fourth-order valence-electron chi connectivity index (χ4n) is 2.46. The number of benzene rings is 1. The van der Waals surface area contributed by atoms with Gasteiger partial charge in [0.1, 0.15) is 0 Å². The van der Waals surface area contributed by atoms with Crippen LogP contribution < -0.4 is 10.6 Å². The van der Waals surface area contributed by atoms with Gasteiger partial charge in [-0.1, -0.05) is 6.07 Å². The molecule has 0 spiro atoms. The van der Waals surface area contributed by atoms with Gasteiger partial charge in [-0.2, -0.15) is 5.26 Å². The van der Waals surface area contributed by atoms with Gasteiger partial charge in [-0.05, 0) is 49.8 Å². The van der Waals surface area contributed by atoms with Crippen molar-refractivity contribution in [2.75, 3.05) is 5.32 Å². The summed E-state index contributed by atoms with van der Waals surface area (Å²) in [7, 11) is 0. The number of carboxylic acid groups (broad SMARTS) is 1. The smallest absolute Gasteiger partial charge is 0.319 e. The second-order valence-electron chi connectivity index (χ2n) is 5.72. The maximum absolute atomic E-state index is 11.9. The van der Waals surface area contributed by atoms with Crippen LogP contribution in [0.15, 0.2) is 24.3 Å². The lowest BCUT2D eigenvalue weighted by Gasteiger charge is -2.17. The molecule has 1 aromatic rings. The van der Waals surface area contributed by atoms with Crippen molar-refractivity contribution < 1.29 is 14.7 Å². The summed E-state index contributed by atoms with van der Waals surface area (Å²) in [5.74, 6) is -0.145. The second-order valence-corrected chi connectivity index (χ2v) is 5.72. The van der Waals surface area contributed by atoms with Crippen molar-refractivity contribution >= 4 is 17.7 Å². The van der Waals surface area contributed by atoms with Crippen LogP contribution in [-0.2, 0) is 4.79 Å². The van der Waals surface area contributed by atoms with Gasteiger partial charge in [0.25, 0.3) is 5.97 Å². The highest BCUT2D eigenvalue weighted by Gasteiger charge is 2.54. The quantitative estimate of drug-likeness (QED) is 0.798. The summed E-state index contributed by atoms with van der Waals surface area (Å²) in [4.78, 5) is 20.9. The molecule has 22 heavy (non-hydrogen) atoms. The molecule has 0 bridgehead atoms. The first kappa shape index (κ1) is 15.8. The SMILES string of the molecule is CC(=O)O.N#Cc1cccc(NC(=O)NC2(C3CC3)CC2)c1. The molecule has 0 aliphatic heterocycles. The van der Waals surface area contributed by atoms with E-state index in [1.54, 1.807) is 24.3 Å². The Bertz CT molecular complexity index is 609. The van der Waals surface area contributed by atoms with Gasteiger partial charge in [0.15, 0.2) is 0 Å². The zero-order valence-electron chi connectivity index (χ0n) is 12.4. The first-order valence-corrected chi connectivity index (χ1v) is 7.24. The predicted molar refractivity (Wildman–Crippen MR) is 81.3 cm³/mol. The Hall–Kier alpha value is -2.55. The lowest BCUT2D eigenvalue weighted by molar-refractivity contribution is -0.134. The van der Waals surface area contributed by atoms with E-state index in [0.29, 0.717) is 17.2 Å². The number of nitrogens with zero attached hydrogens (tertiary/aromatic N) is 1. The van der Waals surface area contributed by atoms with Gasteiger partial charge in [-0.25, -0.2) is 4.79 Å². The molecule has 6 nitrogen and oxygen atoms in total. The molecule has 0 saturated heterocycles. The number of rotatable bonds is 3. The monoisotopic (exact) mass is 301 g/mol. The van der Waals surface area contributed by atoms with Crippen LogP contribution in [0.2, 0.25) is 0 Å². The molecule has 116 valence electrons. The Morgan fingerprint density at radius 1 is 1.36 bits per heavy atom. The number of anilines is 1. The van der Waals surface area contributed by atoms with Crippen molar-refractivity contribution in [3.05, 3.63) is 29.8 Å². The summed E-state index contributed by atoms with van der Waals surface area (Å²) in [6.45, 7) is 1.08. The number of amides is 2. The van der Waals surface area contributed by atoms with Crippen molar-refractivity contribution in [3.8, 4) is 6.07 Å². The summed E-state index contributed by atoms with van der Waals surface area (Å²) in [5, 5.41) is 22.1. The van der Waals surface area contributed by atoms with E-state index in [2.05, 4.69) is 16.7 Å². The average molecular weight is 301 g/mol. The molecule has 3 N–H and O–H groups in total. The minimum Gasteiger partial charge on any atom is -0.481 e. The molecule has 2 aliphatic carbocycles. The Morgan fingerprint density at radius 3 is 2.50 bits per heavy atom. The second kappa shape index (κ2) is 6.48. The van der Waals surface area contributed by atoms with Crippen LogP contribution in [0.25, 0.3) is 0 Å². The highest BCUT2D eigenvalue weighted by molar-refractivity contribution is 5.90. The Kier molecular flexibility index (Phi) is 4.66. The number of carbonyl (C=O) groups excluding carboxylic acids is 1. The van der Waals surface area contributed by atoms with E-state index in [1.165, 1.54) is 12.8 Å². The van der Waals surface area contributed by atoms with Gasteiger partial charge in [0.2, 0.25) is 0 Å². The molecule has 6 heteroatoms. The molecule has 0 unspecified atom stereocenters. The van der Waals surface area contributed by atoms with Gasteiger partial charge >= 0.3 is 6.03 Å². The van der Waals surface area contributed by atoms with Gasteiger partial charge in [0, 0.05) is 18.2 Å². The highest BCUT2D eigenvalue weighted by atomic mass is 16.4. The summed E-state index contributed by atoms with van der Waals surface area (Å²) >= 11 is 0. The maximum atomic E-state index is 11.9. The zero-order chi connectivity index (χ0) is 16.2. The number of nitriles is 1. The third-order valence-electron chi connectivity index (χ3n) is 3.76. The lowest BCUT2D eigenvalue weighted by atomic mass is 10.1. The molecule has 0 aromatic heterocycles. The minimum atomic E-state index is -0.833. The summed E-state index contributed by atoms with van der Waals surface area (Å²) in [6.07, 6.45) is 4.68. The standard InChI is InChI=1S/C14H15N3O.C2H4O2/c15-9-10-2-1-3-12(8-10)16-13(18)17-14(6-7-14)11-4-5-11;1-2(3)4/h1-3,8,11H,4-7H2,(H2,16,17,18);1H3,(H,3,4). The van der Waals surface area contributed by atoms with Crippen LogP contribution in [0.3, 0.4) is 0 Å². The number of carboxylic acids is 1. The average Bonchev–Trinajstić information content (AvgIpc) is 3.31. The number of carbonyl (C=O) groups is 2. The molecule has 2 aliphatic rings. The molecule has 0 heterocycles. The molecule has 2 fully saturated rings. The normalized spacial score (nSPS) is 17.3. The third kappa shape index (κ3) is 4.48. The number of hydrogen-bond acceptors (Lipinski definition) is 3. The van der Waals surface area contributed by atoms with Crippen molar-refractivity contribution in [1.82, 2.24) is 5.32 Å². The van der Waals surface area contributed by atoms with E-state index in [9.17, 15) is 4.79 Å². The molecule has 0 radical (unpaired) electrons. The zero-order valence-corrected chi connectivity index (χ0v) is 12.4. The maximum Gasteiger partial charge on any atom is 0.319 e. The number of urea groups is 1. The van der Waals surface area contributed by atoms with Gasteiger partial charge in [0.05, 0.1) is 11.6 Å². The largest absolute Gasteiger partial charge is 0.481 e. The lowest BCUT2D eigenvalue weighted by Crippen LogP contribution is -2.41. The van der Waals surface area contributed by atoms with Gasteiger partial charge < -0.3 is 15.7 Å². The molecule has 2 saturated carbocycles. The first-order valence-electron chi connectivity index (χ1n) is 7.24. The number of hydrogen-bond donors (Lipinski definition) is 3. The fraction of sp³-hybridized carbons (Fsp3) is 0.438. The Balaban J connectivity index is 0.000000396. The highest BCUT2D eigenvalue weighted by Crippen LogP contribution is 2.53. The number of aliphatic carboxylic acids is 1. The topological polar surface area (TPSA) is 102 Å². The number of nitrogens with one attached hydrogen (secondary N) is 2. The van der Waals surface area contributed by atoms with Crippen molar-refractivity contribution in [2.45, 2.75) is 38.1 Å². The van der Waals surface area contributed by atoms with Crippen molar-refractivity contribution in [3.63, 3.8) is 0 Å². The summed E-state index contributed by atoms with van der Waals surface area (Å²) < 4.78 is 0. The van der Waals surface area contributed by atoms with Crippen LogP contribution in [0.4, 0.5) is 10.5 Å². The third-order valence-corrected chi connectivity index (χ3v) is 3.76. The van der Waals surface area contributed by atoms with Crippen LogP contribution in [-0.4, -0.2) is 22.6 Å². The molecular weight excluding hydrogens is 282 g/mol. The van der Waals surface area contributed by atoms with E-state index in [0.717, 1.165) is 19.8 Å². The van der Waals surface area contributed by atoms with Crippen molar-refractivity contribution in [1.29, 1.82) is 5.26 Å². The van der Waals surface area contributed by atoms with Gasteiger partial charge in [-0.3, -0.25) is 4.79 Å². The van der Waals surface area contributed by atoms with E-state index >= 15 is 0 Å². The molecular formula is C16H19N3O3. The molecule has 1 aromatic carbocycles. The fourth-order valence-corrected chi connectivity index (χ4v) is 2.46. The molecule has 2 amide bonds. The van der Waals surface area contributed by atoms with E-state index in [1.807, 2.05) is 0 Å². The van der Waals surface area contributed by atoms with E-state index in [4.69, 9.17) is 15.2 Å². The molecule has 3 rings (SSSR count). The van der Waals surface area contributed by atoms with Crippen LogP contribution in [0.5, 0.6) is 0 Å². The van der Waals surface area contributed by atoms with E-state index < -0.39 is 5.97 Å². The van der Waals surface area contributed by atoms with Crippen molar-refractivity contribution in [2.24, 2.45) is 5.92 Å². The Labute approximate surface area is 129 Å². The minimum absolute atomic E-state index is 0.0803. The first-order chi connectivity index (χ1) is 10.4. The van der Waals surface area contributed by atoms with Gasteiger partial charge in [-0.15, -0.1) is 0 Å². The van der Waals surface area contributed by atoms with Crippen LogP contribution in [0, 0.1) is 17.2 Å². The van der Waals surface area contributed by atoms with E-state index in [-0.39, 0.29) is 11.6 Å². The summed E-state index contributed by atoms with van der Waals surface area (Å²) in [5.41, 5.74) is 1.30. The Morgan fingerprint density at radius 2 is 2.00 bits per heavy atom. The molecule has 0 atom stereocenters. The predicted octanol–water partition coefficient (Wildman–Crippen LogP) is 2.71.